The number of furan rings is 1. The van der Waals surface area contributed by atoms with Gasteiger partial charge in [-0.3, -0.25) is 0 Å². The zero-order chi connectivity index (χ0) is 38.7. The van der Waals surface area contributed by atoms with Crippen LogP contribution >= 0.6 is 0 Å². The largest absolute Gasteiger partial charge is 0.457 e. The Balaban J connectivity index is 1.10. The van der Waals surface area contributed by atoms with E-state index in [1.54, 1.807) is 0 Å². The second-order valence-corrected chi connectivity index (χ2v) is 15.0. The van der Waals surface area contributed by atoms with Crippen LogP contribution in [0.1, 0.15) is 0 Å². The molecule has 4 nitrogen and oxygen atoms in total. The van der Waals surface area contributed by atoms with Gasteiger partial charge in [0.2, 0.25) is 0 Å². The molecule has 0 fully saturated rings. The van der Waals surface area contributed by atoms with Crippen LogP contribution in [0.25, 0.3) is 89.5 Å². The summed E-state index contributed by atoms with van der Waals surface area (Å²) in [5, 5.41) is 2.48. The van der Waals surface area contributed by atoms with Gasteiger partial charge in [-0.15, -0.1) is 5.46 Å². The third-order valence-electron chi connectivity index (χ3n) is 11.9. The number of rotatable bonds is 6. The predicted molar refractivity (Wildman–Crippen MR) is 257 cm³/mol. The molecule has 0 aliphatic heterocycles. The van der Waals surface area contributed by atoms with Gasteiger partial charge in [0, 0.05) is 27.5 Å². The van der Waals surface area contributed by atoms with Crippen LogP contribution in [0.5, 0.6) is 0 Å². The highest BCUT2D eigenvalue weighted by atomic mass is 16.3. The van der Waals surface area contributed by atoms with Crippen LogP contribution in [0.2, 0.25) is 0 Å². The number of fused-ring (bicyclic) bond motifs is 3. The maximum atomic E-state index is 6.70. The standard InChI is InChI=1S/C45H36B7N3O/c46-34-31(35(47)39(51)41-32(34)33-36(48)37(49)38(50)40(52)42(33)56-41)30-13-7-12-29(22-30)25-16-20-28(21-17-25)45-54-43(26-10-5-2-6-11-26)53-44(55-45)27-18-14-24(15-19-27)23-8-3-1-4-9-23/h1-22H,46-52H2. The summed E-state index contributed by atoms with van der Waals surface area (Å²) < 4.78 is 6.70. The Bertz CT molecular complexity index is 2970. The average molecular weight is 710 g/mol. The Morgan fingerprint density at radius 2 is 0.679 bits per heavy atom. The summed E-state index contributed by atoms with van der Waals surface area (Å²) in [4.78, 5) is 14.9. The van der Waals surface area contributed by atoms with Crippen molar-refractivity contribution in [2.24, 2.45) is 0 Å². The molecule has 0 N–H and O–H groups in total. The molecule has 7 aromatic carbocycles. The zero-order valence-corrected chi connectivity index (χ0v) is 33.0. The van der Waals surface area contributed by atoms with Crippen LogP contribution in [0.3, 0.4) is 0 Å². The summed E-state index contributed by atoms with van der Waals surface area (Å²) in [6.07, 6.45) is 0. The van der Waals surface area contributed by atoms with E-state index < -0.39 is 0 Å². The number of aromatic nitrogens is 3. The number of hydrogen-bond acceptors (Lipinski definition) is 4. The van der Waals surface area contributed by atoms with Crippen LogP contribution < -0.4 is 38.2 Å². The lowest BCUT2D eigenvalue weighted by atomic mass is 9.64. The Labute approximate surface area is 334 Å². The van der Waals surface area contributed by atoms with E-state index in [-0.39, 0.29) is 0 Å². The minimum Gasteiger partial charge on any atom is -0.457 e. The molecule has 9 aromatic rings. The summed E-state index contributed by atoms with van der Waals surface area (Å²) in [6, 6.07) is 46.4. The molecule has 11 heteroatoms. The van der Waals surface area contributed by atoms with Gasteiger partial charge in [-0.25, -0.2) is 15.0 Å². The fraction of sp³-hybridized carbons (Fsp3) is 0. The first kappa shape index (κ1) is 35.5. The normalized spacial score (nSPS) is 11.4. The molecular weight excluding hydrogens is 674 g/mol. The Hall–Kier alpha value is -6.20. The zero-order valence-electron chi connectivity index (χ0n) is 33.0. The average Bonchev–Trinajstić information content (AvgIpc) is 3.67. The molecule has 0 saturated carbocycles. The van der Waals surface area contributed by atoms with Gasteiger partial charge in [-0.2, -0.15) is 0 Å². The van der Waals surface area contributed by atoms with E-state index in [0.717, 1.165) is 44.5 Å². The lowest BCUT2D eigenvalue weighted by Gasteiger charge is -2.17. The first-order chi connectivity index (χ1) is 27.2. The summed E-state index contributed by atoms with van der Waals surface area (Å²) >= 11 is 0. The molecule has 0 amide bonds. The monoisotopic (exact) mass is 711 g/mol. The molecular formula is C45H36B7N3O. The molecule has 0 aliphatic carbocycles. The first-order valence-corrected chi connectivity index (χ1v) is 19.3. The highest BCUT2D eigenvalue weighted by Crippen LogP contribution is 2.31. The van der Waals surface area contributed by atoms with Crippen molar-refractivity contribution >= 4 is 115 Å². The fourth-order valence-corrected chi connectivity index (χ4v) is 8.25. The molecule has 2 heterocycles. The van der Waals surface area contributed by atoms with Crippen molar-refractivity contribution in [3.05, 3.63) is 133 Å². The predicted octanol–water partition coefficient (Wildman–Crippen LogP) is -0.418. The van der Waals surface area contributed by atoms with Crippen molar-refractivity contribution in [2.75, 3.05) is 0 Å². The van der Waals surface area contributed by atoms with Gasteiger partial charge in [0.25, 0.3) is 0 Å². The second-order valence-electron chi connectivity index (χ2n) is 15.0. The number of nitrogens with zero attached hydrogens (tertiary/aromatic N) is 3. The molecule has 0 radical (unpaired) electrons. The van der Waals surface area contributed by atoms with Crippen molar-refractivity contribution < 1.29 is 4.42 Å². The van der Waals surface area contributed by atoms with Crippen molar-refractivity contribution in [1.29, 1.82) is 0 Å². The topological polar surface area (TPSA) is 51.8 Å². The number of benzene rings is 7. The SMILES string of the molecule is Bc1c(B)c(B)c2c(oc3c(B)c(B)c(-c4cccc(-c5ccc(-c6nc(-c7ccccc7)nc(-c7ccc(-c8ccccc8)cc7)n6)cc5)c4)c(B)c32)c1B. The minimum absolute atomic E-state index is 0.639. The van der Waals surface area contributed by atoms with E-state index in [1.807, 2.05) is 36.4 Å². The van der Waals surface area contributed by atoms with Gasteiger partial charge >= 0.3 is 0 Å². The molecule has 56 heavy (non-hydrogen) atoms. The lowest BCUT2D eigenvalue weighted by Crippen LogP contribution is -2.47. The van der Waals surface area contributed by atoms with Gasteiger partial charge in [-0.05, 0) is 39.4 Å². The van der Waals surface area contributed by atoms with Crippen LogP contribution in [0.15, 0.2) is 138 Å². The molecule has 258 valence electrons. The molecule has 0 atom stereocenters. The van der Waals surface area contributed by atoms with Gasteiger partial charge in [0.05, 0.1) is 0 Å². The van der Waals surface area contributed by atoms with E-state index in [4.69, 9.17) is 19.4 Å². The quantitative estimate of drug-likeness (QED) is 0.221. The van der Waals surface area contributed by atoms with Crippen molar-refractivity contribution in [3.8, 4) is 67.5 Å². The molecule has 0 saturated heterocycles. The maximum absolute atomic E-state index is 6.70. The van der Waals surface area contributed by atoms with Gasteiger partial charge in [0.15, 0.2) is 17.5 Å². The summed E-state index contributed by atoms with van der Waals surface area (Å²) in [7, 11) is 15.5. The minimum atomic E-state index is 0.639. The third-order valence-corrected chi connectivity index (χ3v) is 11.9. The maximum Gasteiger partial charge on any atom is 0.164 e. The van der Waals surface area contributed by atoms with E-state index in [0.29, 0.717) is 17.5 Å². The number of hydrogen-bond donors (Lipinski definition) is 0. The van der Waals surface area contributed by atoms with Crippen LogP contribution in [0.4, 0.5) is 0 Å². The molecule has 0 aliphatic rings. The van der Waals surface area contributed by atoms with Crippen molar-refractivity contribution in [2.45, 2.75) is 0 Å². The first-order valence-electron chi connectivity index (χ1n) is 19.3. The van der Waals surface area contributed by atoms with E-state index in [2.05, 4.69) is 152 Å². The molecule has 0 unspecified atom stereocenters. The Morgan fingerprint density at radius 3 is 1.23 bits per heavy atom. The summed E-state index contributed by atoms with van der Waals surface area (Å²) in [6.45, 7) is 0. The molecule has 0 bridgehead atoms. The van der Waals surface area contributed by atoms with Crippen LogP contribution in [-0.4, -0.2) is 69.9 Å². The molecule has 0 spiro atoms. The molecule has 9 rings (SSSR count). The summed E-state index contributed by atoms with van der Waals surface area (Å²) in [5.74, 6) is 1.93. The molecule has 2 aromatic heterocycles. The smallest absolute Gasteiger partial charge is 0.164 e. The second kappa shape index (κ2) is 14.1. The fourth-order valence-electron chi connectivity index (χ4n) is 8.25. The van der Waals surface area contributed by atoms with Gasteiger partial charge < -0.3 is 4.42 Å². The summed E-state index contributed by atoms with van der Waals surface area (Å²) in [5.41, 5.74) is 20.8. The van der Waals surface area contributed by atoms with Crippen LogP contribution in [-0.2, 0) is 0 Å². The van der Waals surface area contributed by atoms with E-state index >= 15 is 0 Å². The van der Waals surface area contributed by atoms with Gasteiger partial charge in [-0.1, -0.05) is 160 Å². The highest BCUT2D eigenvalue weighted by Gasteiger charge is 2.22. The van der Waals surface area contributed by atoms with E-state index in [1.165, 1.54) is 65.7 Å². The highest BCUT2D eigenvalue weighted by molar-refractivity contribution is 6.68. The van der Waals surface area contributed by atoms with Crippen molar-refractivity contribution in [1.82, 2.24) is 15.0 Å². The lowest BCUT2D eigenvalue weighted by molar-refractivity contribution is 0.675. The van der Waals surface area contributed by atoms with Gasteiger partial charge in [0.1, 0.15) is 66.1 Å². The van der Waals surface area contributed by atoms with Crippen LogP contribution in [0, 0.1) is 0 Å². The Kier molecular flexibility index (Phi) is 8.97. The van der Waals surface area contributed by atoms with Crippen molar-refractivity contribution in [3.63, 3.8) is 0 Å². The van der Waals surface area contributed by atoms with E-state index in [9.17, 15) is 0 Å². The Morgan fingerprint density at radius 1 is 0.304 bits per heavy atom. The third kappa shape index (κ3) is 6.03.